The number of hydrogen-bond acceptors (Lipinski definition) is 6. The highest BCUT2D eigenvalue weighted by Crippen LogP contribution is 2.29. The molecule has 0 bridgehead atoms. The first-order valence-corrected chi connectivity index (χ1v) is 11.8. The van der Waals surface area contributed by atoms with E-state index in [1.54, 1.807) is 30.5 Å². The van der Waals surface area contributed by atoms with Gasteiger partial charge in [-0.25, -0.2) is 9.78 Å². The molecule has 1 aliphatic rings. The lowest BCUT2D eigenvalue weighted by atomic mass is 10.2. The average Bonchev–Trinajstić information content (AvgIpc) is 3.45. The maximum atomic E-state index is 13.5. The second-order valence-electron chi connectivity index (χ2n) is 8.07. The van der Waals surface area contributed by atoms with E-state index in [4.69, 9.17) is 16.3 Å². The quantitative estimate of drug-likeness (QED) is 0.467. The van der Waals surface area contributed by atoms with Crippen molar-refractivity contribution in [2.24, 2.45) is 0 Å². The molecular formula is C23H21ClN4O4S. The Labute approximate surface area is 197 Å². The molecule has 3 aromatic heterocycles. The lowest BCUT2D eigenvalue weighted by Crippen LogP contribution is -2.43. The summed E-state index contributed by atoms with van der Waals surface area (Å²) >= 11 is 7.39. The second kappa shape index (κ2) is 8.74. The molecule has 1 saturated heterocycles. The van der Waals surface area contributed by atoms with Crippen molar-refractivity contribution in [3.05, 3.63) is 68.0 Å². The van der Waals surface area contributed by atoms with Crippen LogP contribution < -0.4 is 16.6 Å². The van der Waals surface area contributed by atoms with Gasteiger partial charge in [-0.2, -0.15) is 0 Å². The average molecular weight is 485 g/mol. The number of carbonyl (C=O) groups is 1. The van der Waals surface area contributed by atoms with Gasteiger partial charge in [0.1, 0.15) is 16.1 Å². The van der Waals surface area contributed by atoms with Crippen LogP contribution >= 0.6 is 22.9 Å². The van der Waals surface area contributed by atoms with Gasteiger partial charge in [0.25, 0.3) is 5.56 Å². The molecule has 0 radical (unpaired) electrons. The summed E-state index contributed by atoms with van der Waals surface area (Å²) in [5.74, 6) is -0.399. The van der Waals surface area contributed by atoms with Crippen molar-refractivity contribution in [2.45, 2.75) is 39.0 Å². The van der Waals surface area contributed by atoms with E-state index in [1.807, 2.05) is 13.0 Å². The van der Waals surface area contributed by atoms with Crippen LogP contribution in [0.15, 0.2) is 46.1 Å². The Kier molecular flexibility index (Phi) is 5.77. The van der Waals surface area contributed by atoms with E-state index in [1.165, 1.54) is 20.5 Å². The lowest BCUT2D eigenvalue weighted by molar-refractivity contribution is -0.116. The standard InChI is InChI=1S/C23H21ClN4O4S/c1-13-6-7-14(10-17(13)24)26-18(29)12-27-19-16-5-2-8-25-21(16)33-20(19)22(30)28(23(27)31)11-15-4-3-9-32-15/h2,5-8,10,15H,3-4,9,11-12H2,1H3,(H,26,29). The number of pyridine rings is 1. The summed E-state index contributed by atoms with van der Waals surface area (Å²) in [7, 11) is 0. The van der Waals surface area contributed by atoms with Crippen LogP contribution in [0.3, 0.4) is 0 Å². The van der Waals surface area contributed by atoms with Gasteiger partial charge in [0.2, 0.25) is 5.91 Å². The Bertz CT molecular complexity index is 1500. The molecule has 33 heavy (non-hydrogen) atoms. The fraction of sp³-hybridized carbons (Fsp3) is 0.304. The van der Waals surface area contributed by atoms with Crippen LogP contribution in [0.1, 0.15) is 18.4 Å². The van der Waals surface area contributed by atoms with E-state index in [0.717, 1.165) is 18.4 Å². The van der Waals surface area contributed by atoms with E-state index in [0.29, 0.717) is 37.8 Å². The predicted molar refractivity (Wildman–Crippen MR) is 129 cm³/mol. The number of aryl methyl sites for hydroxylation is 1. The van der Waals surface area contributed by atoms with Crippen LogP contribution in [0.4, 0.5) is 5.69 Å². The molecule has 5 rings (SSSR count). The number of halogens is 1. The van der Waals surface area contributed by atoms with Crippen LogP contribution in [0.2, 0.25) is 5.02 Å². The zero-order valence-corrected chi connectivity index (χ0v) is 19.4. The maximum Gasteiger partial charge on any atom is 0.332 e. The van der Waals surface area contributed by atoms with Gasteiger partial charge in [0.15, 0.2) is 0 Å². The van der Waals surface area contributed by atoms with Crippen LogP contribution in [0.25, 0.3) is 20.4 Å². The smallest absolute Gasteiger partial charge is 0.332 e. The summed E-state index contributed by atoms with van der Waals surface area (Å²) < 4.78 is 8.59. The minimum atomic E-state index is -0.538. The minimum absolute atomic E-state index is 0.157. The highest BCUT2D eigenvalue weighted by Gasteiger charge is 2.24. The van der Waals surface area contributed by atoms with Gasteiger partial charge in [0.05, 0.1) is 18.2 Å². The highest BCUT2D eigenvalue weighted by atomic mass is 35.5. The molecule has 1 unspecified atom stereocenters. The zero-order valence-electron chi connectivity index (χ0n) is 17.8. The lowest BCUT2D eigenvalue weighted by Gasteiger charge is -2.15. The summed E-state index contributed by atoms with van der Waals surface area (Å²) in [6.45, 7) is 2.39. The van der Waals surface area contributed by atoms with Crippen LogP contribution in [0.5, 0.6) is 0 Å². The number of amides is 1. The van der Waals surface area contributed by atoms with Gasteiger partial charge in [0, 0.05) is 28.9 Å². The van der Waals surface area contributed by atoms with Gasteiger partial charge < -0.3 is 10.1 Å². The molecule has 1 amide bonds. The predicted octanol–water partition coefficient (Wildman–Crippen LogP) is 3.55. The third-order valence-corrected chi connectivity index (χ3v) is 7.28. The van der Waals surface area contributed by atoms with Gasteiger partial charge in [-0.1, -0.05) is 17.7 Å². The van der Waals surface area contributed by atoms with Crippen LogP contribution in [-0.2, 0) is 22.6 Å². The summed E-state index contributed by atoms with van der Waals surface area (Å²) in [5, 5.41) is 3.99. The largest absolute Gasteiger partial charge is 0.376 e. The summed E-state index contributed by atoms with van der Waals surface area (Å²) in [4.78, 5) is 44.7. The topological polar surface area (TPSA) is 95.2 Å². The molecule has 0 saturated carbocycles. The first-order chi connectivity index (χ1) is 15.9. The number of fused-ring (bicyclic) bond motifs is 3. The minimum Gasteiger partial charge on any atom is -0.376 e. The molecule has 1 atom stereocenters. The van der Waals surface area contributed by atoms with Gasteiger partial charge in [-0.05, 0) is 49.6 Å². The Morgan fingerprint density at radius 2 is 2.15 bits per heavy atom. The molecule has 1 N–H and O–H groups in total. The SMILES string of the molecule is Cc1ccc(NC(=O)Cn2c(=O)n(CC3CCCO3)c(=O)c3sc4ncccc4c32)cc1Cl. The third-order valence-electron chi connectivity index (χ3n) is 5.78. The number of hydrogen-bond donors (Lipinski definition) is 1. The fourth-order valence-electron chi connectivity index (χ4n) is 4.10. The number of anilines is 1. The molecule has 0 spiro atoms. The molecule has 8 nitrogen and oxygen atoms in total. The number of thiophene rings is 1. The molecule has 170 valence electrons. The normalized spacial score (nSPS) is 16.0. The number of ether oxygens (including phenoxy) is 1. The Hall–Kier alpha value is -3.01. The Morgan fingerprint density at radius 3 is 2.91 bits per heavy atom. The molecule has 4 aromatic rings. The molecule has 4 heterocycles. The van der Waals surface area contributed by atoms with Crippen molar-refractivity contribution in [3.63, 3.8) is 0 Å². The van der Waals surface area contributed by atoms with E-state index >= 15 is 0 Å². The molecule has 1 aromatic carbocycles. The van der Waals surface area contributed by atoms with Gasteiger partial charge >= 0.3 is 5.69 Å². The van der Waals surface area contributed by atoms with Crippen LogP contribution in [-0.4, -0.2) is 32.7 Å². The molecule has 10 heteroatoms. The molecular weight excluding hydrogens is 464 g/mol. The van der Waals surface area contributed by atoms with Crippen molar-refractivity contribution in [3.8, 4) is 0 Å². The monoisotopic (exact) mass is 484 g/mol. The van der Waals surface area contributed by atoms with Crippen LogP contribution in [0, 0.1) is 6.92 Å². The third kappa shape index (κ3) is 4.07. The van der Waals surface area contributed by atoms with Gasteiger partial charge in [-0.15, -0.1) is 11.3 Å². The van der Waals surface area contributed by atoms with Crippen molar-refractivity contribution >= 4 is 55.0 Å². The molecule has 0 aliphatic carbocycles. The number of aromatic nitrogens is 3. The van der Waals surface area contributed by atoms with Crippen molar-refractivity contribution < 1.29 is 9.53 Å². The maximum absolute atomic E-state index is 13.5. The second-order valence-corrected chi connectivity index (χ2v) is 9.47. The number of nitrogens with zero attached hydrogens (tertiary/aromatic N) is 3. The fourth-order valence-corrected chi connectivity index (χ4v) is 5.37. The number of rotatable bonds is 5. The number of nitrogens with one attached hydrogen (secondary N) is 1. The van der Waals surface area contributed by atoms with E-state index < -0.39 is 11.6 Å². The summed E-state index contributed by atoms with van der Waals surface area (Å²) in [6, 6.07) is 8.77. The Balaban J connectivity index is 1.60. The molecule has 1 aliphatic heterocycles. The van der Waals surface area contributed by atoms with Crippen molar-refractivity contribution in [2.75, 3.05) is 11.9 Å². The first kappa shape index (κ1) is 21.8. The van der Waals surface area contributed by atoms with Crippen molar-refractivity contribution in [1.29, 1.82) is 0 Å². The van der Waals surface area contributed by atoms with Gasteiger partial charge in [-0.3, -0.25) is 18.7 Å². The van der Waals surface area contributed by atoms with E-state index in [2.05, 4.69) is 10.3 Å². The zero-order chi connectivity index (χ0) is 23.1. The number of carbonyl (C=O) groups excluding carboxylic acids is 1. The van der Waals surface area contributed by atoms with Crippen molar-refractivity contribution in [1.82, 2.24) is 14.1 Å². The molecule has 1 fully saturated rings. The first-order valence-electron chi connectivity index (χ1n) is 10.6. The van der Waals surface area contributed by atoms with E-state index in [-0.39, 0.29) is 24.8 Å². The highest BCUT2D eigenvalue weighted by molar-refractivity contribution is 7.25. The Morgan fingerprint density at radius 1 is 1.30 bits per heavy atom. The number of benzene rings is 1. The summed E-state index contributed by atoms with van der Waals surface area (Å²) in [6.07, 6.45) is 3.12. The van der Waals surface area contributed by atoms with E-state index in [9.17, 15) is 14.4 Å². The summed E-state index contributed by atoms with van der Waals surface area (Å²) in [5.41, 5.74) is 0.938.